The van der Waals surface area contributed by atoms with Crippen molar-refractivity contribution in [1.82, 2.24) is 19.3 Å². The van der Waals surface area contributed by atoms with Gasteiger partial charge in [0, 0.05) is 19.0 Å². The lowest BCUT2D eigenvalue weighted by Crippen LogP contribution is -2.25. The zero-order valence-corrected chi connectivity index (χ0v) is 15.2. The van der Waals surface area contributed by atoms with Crippen LogP contribution in [0, 0.1) is 6.92 Å². The minimum atomic E-state index is 0.204. The first-order valence-electron chi connectivity index (χ1n) is 8.51. The Kier molecular flexibility index (Phi) is 5.03. The first kappa shape index (κ1) is 16.9. The van der Waals surface area contributed by atoms with E-state index in [4.69, 9.17) is 9.47 Å². The van der Waals surface area contributed by atoms with Crippen molar-refractivity contribution in [2.45, 2.75) is 25.9 Å². The van der Waals surface area contributed by atoms with E-state index in [-0.39, 0.29) is 6.10 Å². The van der Waals surface area contributed by atoms with Gasteiger partial charge in [0.05, 0.1) is 19.4 Å². The van der Waals surface area contributed by atoms with E-state index in [1.54, 1.807) is 12.4 Å². The van der Waals surface area contributed by atoms with Gasteiger partial charge in [0.25, 0.3) is 0 Å². The third-order valence-corrected chi connectivity index (χ3v) is 4.83. The summed E-state index contributed by atoms with van der Waals surface area (Å²) in [6, 6.07) is 7.72. The van der Waals surface area contributed by atoms with Gasteiger partial charge in [0.15, 0.2) is 5.01 Å². The number of anilines is 2. The number of aromatic nitrogens is 4. The number of rotatable bonds is 5. The van der Waals surface area contributed by atoms with Crippen molar-refractivity contribution >= 4 is 23.3 Å². The molecule has 1 fully saturated rings. The number of aryl methyl sites for hydroxylation is 1. The maximum Gasteiger partial charge on any atom is 0.240 e. The minimum absolute atomic E-state index is 0.204. The third kappa shape index (κ3) is 3.97. The molecule has 1 aliphatic rings. The fourth-order valence-electron chi connectivity index (χ4n) is 2.66. The summed E-state index contributed by atoms with van der Waals surface area (Å²) in [6.45, 7) is 3.50. The van der Waals surface area contributed by atoms with Crippen LogP contribution in [0.4, 0.5) is 11.8 Å². The molecule has 134 valence electrons. The first-order chi connectivity index (χ1) is 12.8. The number of ether oxygens (including phenoxy) is 2. The van der Waals surface area contributed by atoms with Gasteiger partial charge >= 0.3 is 0 Å². The summed E-state index contributed by atoms with van der Waals surface area (Å²) < 4.78 is 15.6. The smallest absolute Gasteiger partial charge is 0.240 e. The Labute approximate surface area is 155 Å². The molecule has 8 heteroatoms. The highest BCUT2D eigenvalue weighted by Gasteiger charge is 2.16. The van der Waals surface area contributed by atoms with Crippen molar-refractivity contribution in [3.63, 3.8) is 0 Å². The minimum Gasteiger partial charge on any atom is -0.489 e. The van der Waals surface area contributed by atoms with Crippen LogP contribution < -0.4 is 10.1 Å². The fraction of sp³-hybridized carbons (Fsp3) is 0.333. The number of pyridine rings is 2. The standard InChI is InChI=1S/C18H19N5O2S/c1-12-3-2-8-19-16(12)21-18-22-17(26-23-18)15-5-4-14(11-20-15)25-13-6-9-24-10-7-13/h2-5,8,11,13H,6-7,9-10H2,1H3,(H,19,21,23). The second-order valence-corrected chi connectivity index (χ2v) is 6.78. The lowest BCUT2D eigenvalue weighted by atomic mass is 10.1. The number of hydrogen-bond donors (Lipinski definition) is 1. The van der Waals surface area contributed by atoms with Crippen LogP contribution in [0.1, 0.15) is 18.4 Å². The molecule has 0 aromatic carbocycles. The van der Waals surface area contributed by atoms with E-state index in [1.807, 2.05) is 31.2 Å². The van der Waals surface area contributed by atoms with Crippen molar-refractivity contribution in [2.75, 3.05) is 18.5 Å². The Morgan fingerprint density at radius 2 is 2.08 bits per heavy atom. The highest BCUT2D eigenvalue weighted by atomic mass is 32.1. The molecule has 4 rings (SSSR count). The zero-order chi connectivity index (χ0) is 17.8. The number of nitrogens with one attached hydrogen (secondary N) is 1. The first-order valence-corrected chi connectivity index (χ1v) is 9.28. The van der Waals surface area contributed by atoms with Crippen LogP contribution in [0.2, 0.25) is 0 Å². The molecule has 4 heterocycles. The Bertz CT molecular complexity index is 862. The molecule has 0 bridgehead atoms. The Morgan fingerprint density at radius 3 is 2.85 bits per heavy atom. The summed E-state index contributed by atoms with van der Waals surface area (Å²) in [5.41, 5.74) is 1.81. The summed E-state index contributed by atoms with van der Waals surface area (Å²) in [5, 5.41) is 3.89. The van der Waals surface area contributed by atoms with Crippen LogP contribution >= 0.6 is 11.5 Å². The van der Waals surface area contributed by atoms with Crippen molar-refractivity contribution < 1.29 is 9.47 Å². The molecule has 0 aliphatic carbocycles. The molecule has 3 aromatic heterocycles. The second kappa shape index (κ2) is 7.76. The average Bonchev–Trinajstić information content (AvgIpc) is 3.14. The van der Waals surface area contributed by atoms with Gasteiger partial charge in [0.1, 0.15) is 23.4 Å². The molecular formula is C18H19N5O2S. The quantitative estimate of drug-likeness (QED) is 0.736. The average molecular weight is 369 g/mol. The van der Waals surface area contributed by atoms with E-state index in [0.29, 0.717) is 5.95 Å². The lowest BCUT2D eigenvalue weighted by molar-refractivity contribution is 0.0254. The molecule has 0 amide bonds. The van der Waals surface area contributed by atoms with Crippen molar-refractivity contribution in [3.05, 3.63) is 42.2 Å². The molecule has 0 radical (unpaired) electrons. The summed E-state index contributed by atoms with van der Waals surface area (Å²) in [4.78, 5) is 13.3. The fourth-order valence-corrected chi connectivity index (χ4v) is 3.26. The van der Waals surface area contributed by atoms with Crippen LogP contribution in [-0.4, -0.2) is 38.6 Å². The van der Waals surface area contributed by atoms with Gasteiger partial charge in [-0.05, 0) is 42.2 Å². The van der Waals surface area contributed by atoms with Gasteiger partial charge in [-0.3, -0.25) is 0 Å². The largest absolute Gasteiger partial charge is 0.489 e. The second-order valence-electron chi connectivity index (χ2n) is 6.03. The predicted octanol–water partition coefficient (Wildman–Crippen LogP) is 3.60. The van der Waals surface area contributed by atoms with E-state index in [2.05, 4.69) is 24.6 Å². The van der Waals surface area contributed by atoms with Crippen molar-refractivity contribution in [1.29, 1.82) is 0 Å². The molecule has 1 N–H and O–H groups in total. The maximum atomic E-state index is 5.95. The molecule has 1 saturated heterocycles. The maximum absolute atomic E-state index is 5.95. The molecule has 0 atom stereocenters. The Balaban J connectivity index is 1.43. The molecule has 0 saturated carbocycles. The zero-order valence-electron chi connectivity index (χ0n) is 14.4. The predicted molar refractivity (Wildman–Crippen MR) is 99.9 cm³/mol. The van der Waals surface area contributed by atoms with Crippen LogP contribution in [0.25, 0.3) is 10.7 Å². The molecule has 3 aromatic rings. The number of nitrogens with zero attached hydrogens (tertiary/aromatic N) is 4. The molecule has 0 unspecified atom stereocenters. The monoisotopic (exact) mass is 369 g/mol. The molecule has 26 heavy (non-hydrogen) atoms. The third-order valence-electron chi connectivity index (χ3n) is 4.09. The molecule has 0 spiro atoms. The summed E-state index contributed by atoms with van der Waals surface area (Å²) in [5.74, 6) is 2.05. The summed E-state index contributed by atoms with van der Waals surface area (Å²) in [7, 11) is 0. The Hall–Kier alpha value is -2.58. The lowest BCUT2D eigenvalue weighted by Gasteiger charge is -2.23. The van der Waals surface area contributed by atoms with Gasteiger partial charge in [-0.15, -0.1) is 0 Å². The van der Waals surface area contributed by atoms with E-state index >= 15 is 0 Å². The van der Waals surface area contributed by atoms with Crippen LogP contribution in [0.3, 0.4) is 0 Å². The van der Waals surface area contributed by atoms with Gasteiger partial charge in [-0.2, -0.15) is 9.36 Å². The van der Waals surface area contributed by atoms with Gasteiger partial charge in [-0.25, -0.2) is 9.97 Å². The summed E-state index contributed by atoms with van der Waals surface area (Å²) >= 11 is 1.30. The molecule has 1 aliphatic heterocycles. The highest BCUT2D eigenvalue weighted by molar-refractivity contribution is 7.09. The van der Waals surface area contributed by atoms with E-state index in [9.17, 15) is 0 Å². The molecular weight excluding hydrogens is 350 g/mol. The van der Waals surface area contributed by atoms with Gasteiger partial charge < -0.3 is 14.8 Å². The highest BCUT2D eigenvalue weighted by Crippen LogP contribution is 2.25. The van der Waals surface area contributed by atoms with E-state index < -0.39 is 0 Å². The SMILES string of the molecule is Cc1cccnc1Nc1nsc(-c2ccc(OC3CCOCC3)cn2)n1. The van der Waals surface area contributed by atoms with Crippen LogP contribution in [-0.2, 0) is 4.74 Å². The molecule has 7 nitrogen and oxygen atoms in total. The summed E-state index contributed by atoms with van der Waals surface area (Å²) in [6.07, 6.45) is 5.51. The van der Waals surface area contributed by atoms with Crippen molar-refractivity contribution in [3.8, 4) is 16.5 Å². The Morgan fingerprint density at radius 1 is 1.19 bits per heavy atom. The van der Waals surface area contributed by atoms with E-state index in [1.165, 1.54) is 11.5 Å². The normalized spacial score (nSPS) is 15.0. The number of hydrogen-bond acceptors (Lipinski definition) is 8. The topological polar surface area (TPSA) is 82.1 Å². The van der Waals surface area contributed by atoms with Crippen LogP contribution in [0.5, 0.6) is 5.75 Å². The van der Waals surface area contributed by atoms with Crippen molar-refractivity contribution in [2.24, 2.45) is 0 Å². The van der Waals surface area contributed by atoms with Gasteiger partial charge in [-0.1, -0.05) is 6.07 Å². The van der Waals surface area contributed by atoms with E-state index in [0.717, 1.165) is 53.9 Å². The van der Waals surface area contributed by atoms with Crippen LogP contribution in [0.15, 0.2) is 36.7 Å². The van der Waals surface area contributed by atoms with Gasteiger partial charge in [0.2, 0.25) is 5.95 Å².